The predicted molar refractivity (Wildman–Crippen MR) is 161 cm³/mol. The fourth-order valence-corrected chi connectivity index (χ4v) is 9.64. The molecule has 6 nitrogen and oxygen atoms in total. The van der Waals surface area contributed by atoms with Crippen LogP contribution < -0.4 is 0 Å². The van der Waals surface area contributed by atoms with E-state index in [-0.39, 0.29) is 11.5 Å². The van der Waals surface area contributed by atoms with E-state index >= 15 is 0 Å². The number of fused-ring (bicyclic) bond motifs is 5. The number of ether oxygens (including phenoxy) is 2. The van der Waals surface area contributed by atoms with Crippen molar-refractivity contribution in [3.05, 3.63) is 35.5 Å². The normalized spacial score (nSPS) is 46.0. The first-order chi connectivity index (χ1) is 19.4. The lowest BCUT2D eigenvalue weighted by Gasteiger charge is -2.55. The van der Waals surface area contributed by atoms with Crippen LogP contribution in [0.2, 0.25) is 0 Å². The molecule has 0 aromatic carbocycles. The van der Waals surface area contributed by atoms with E-state index in [1.165, 1.54) is 37.7 Å². The number of aliphatic hydroxyl groups is 4. The van der Waals surface area contributed by atoms with Gasteiger partial charge in [0, 0.05) is 0 Å². The third-order valence-corrected chi connectivity index (χ3v) is 12.4. The lowest BCUT2D eigenvalue weighted by atomic mass is 9.50. The molecule has 4 N–H and O–H groups in total. The van der Waals surface area contributed by atoms with E-state index in [4.69, 9.17) is 9.47 Å². The van der Waals surface area contributed by atoms with Gasteiger partial charge in [0.1, 0.15) is 24.4 Å². The lowest BCUT2D eigenvalue weighted by Crippen LogP contribution is -2.60. The monoisotopic (exact) mass is 572 g/mol. The highest BCUT2D eigenvalue weighted by atomic mass is 16.7. The first-order valence-corrected chi connectivity index (χ1v) is 16.5. The average Bonchev–Trinajstić information content (AvgIpc) is 3.30. The van der Waals surface area contributed by atoms with E-state index in [2.05, 4.69) is 65.8 Å². The Morgan fingerprint density at radius 1 is 0.951 bits per heavy atom. The summed E-state index contributed by atoms with van der Waals surface area (Å²) in [6.07, 6.45) is 12.6. The van der Waals surface area contributed by atoms with Gasteiger partial charge in [0.15, 0.2) is 6.29 Å². The zero-order valence-corrected chi connectivity index (χ0v) is 26.2. The maximum atomic E-state index is 10.5. The minimum Gasteiger partial charge on any atom is -0.394 e. The van der Waals surface area contributed by atoms with Gasteiger partial charge in [-0.25, -0.2) is 0 Å². The van der Waals surface area contributed by atoms with Gasteiger partial charge < -0.3 is 29.9 Å². The molecule has 1 aliphatic heterocycles. The molecule has 3 saturated carbocycles. The van der Waals surface area contributed by atoms with E-state index in [1.54, 1.807) is 5.57 Å². The molecule has 4 aliphatic carbocycles. The van der Waals surface area contributed by atoms with E-state index in [0.717, 1.165) is 25.2 Å². The third kappa shape index (κ3) is 5.55. The Labute approximate surface area is 247 Å². The molecule has 0 unspecified atom stereocenters. The van der Waals surface area contributed by atoms with Crippen LogP contribution >= 0.6 is 0 Å². The molecule has 6 heteroatoms. The van der Waals surface area contributed by atoms with Crippen LogP contribution in [0, 0.1) is 46.3 Å². The lowest BCUT2D eigenvalue weighted by molar-refractivity contribution is -0.312. The Bertz CT molecular complexity index is 1020. The Morgan fingerprint density at radius 2 is 1.71 bits per heavy atom. The van der Waals surface area contributed by atoms with E-state index in [0.29, 0.717) is 35.0 Å². The first kappa shape index (κ1) is 31.4. The predicted octanol–water partition coefficient (Wildman–Crippen LogP) is 5.55. The SMILES string of the molecule is CC[C@@H](/C=C/[C@@H](C)[C@H]1CC[C@H]2C3=CC=C4C[C@@H](O[C@@H]5O[C@H](CO)[C@@H](O)[C@H](O)[C@H]5O)CC[C@]4(C)[C@H]3CC[C@]12C)C(C)C. The summed E-state index contributed by atoms with van der Waals surface area (Å²) in [6, 6.07) is 0. The van der Waals surface area contributed by atoms with Crippen molar-refractivity contribution in [1.29, 1.82) is 0 Å². The molecule has 13 atom stereocenters. The van der Waals surface area contributed by atoms with Crippen molar-refractivity contribution in [2.45, 2.75) is 130 Å². The Hall–Kier alpha value is -1.02. The van der Waals surface area contributed by atoms with Crippen LogP contribution in [0.4, 0.5) is 0 Å². The fraction of sp³-hybridized carbons (Fsp3) is 0.829. The van der Waals surface area contributed by atoms with Crippen molar-refractivity contribution < 1.29 is 29.9 Å². The summed E-state index contributed by atoms with van der Waals surface area (Å²) in [5, 5.41) is 40.3. The number of aliphatic hydroxyl groups excluding tert-OH is 4. The van der Waals surface area contributed by atoms with Gasteiger partial charge in [-0.3, -0.25) is 0 Å². The van der Waals surface area contributed by atoms with Crippen molar-refractivity contribution in [3.8, 4) is 0 Å². The summed E-state index contributed by atoms with van der Waals surface area (Å²) in [4.78, 5) is 0. The molecule has 0 bridgehead atoms. The number of rotatable bonds is 8. The molecule has 0 aromatic heterocycles. The van der Waals surface area contributed by atoms with Crippen LogP contribution in [-0.4, -0.2) is 63.8 Å². The summed E-state index contributed by atoms with van der Waals surface area (Å²) in [5.74, 6) is 3.93. The topological polar surface area (TPSA) is 99.4 Å². The zero-order valence-electron chi connectivity index (χ0n) is 26.2. The van der Waals surface area contributed by atoms with Crippen LogP contribution in [0.15, 0.2) is 35.5 Å². The smallest absolute Gasteiger partial charge is 0.186 e. The molecular formula is C35H56O6. The highest BCUT2D eigenvalue weighted by molar-refractivity contribution is 5.39. The van der Waals surface area contributed by atoms with Gasteiger partial charge in [-0.15, -0.1) is 0 Å². The molecule has 0 amide bonds. The van der Waals surface area contributed by atoms with Crippen molar-refractivity contribution in [1.82, 2.24) is 0 Å². The summed E-state index contributed by atoms with van der Waals surface area (Å²) in [6.45, 7) is 14.0. The van der Waals surface area contributed by atoms with E-state index in [9.17, 15) is 20.4 Å². The van der Waals surface area contributed by atoms with Crippen molar-refractivity contribution in [3.63, 3.8) is 0 Å². The molecule has 1 heterocycles. The van der Waals surface area contributed by atoms with Crippen LogP contribution in [0.3, 0.4) is 0 Å². The van der Waals surface area contributed by atoms with Gasteiger partial charge in [0.25, 0.3) is 0 Å². The zero-order chi connectivity index (χ0) is 29.7. The molecule has 0 aromatic rings. The minimum atomic E-state index is -1.41. The van der Waals surface area contributed by atoms with Crippen LogP contribution in [0.5, 0.6) is 0 Å². The fourth-order valence-electron chi connectivity index (χ4n) is 9.64. The molecule has 0 radical (unpaired) electrons. The first-order valence-electron chi connectivity index (χ1n) is 16.5. The summed E-state index contributed by atoms with van der Waals surface area (Å²) in [7, 11) is 0. The van der Waals surface area contributed by atoms with E-state index < -0.39 is 37.3 Å². The molecule has 1 saturated heterocycles. The summed E-state index contributed by atoms with van der Waals surface area (Å²) < 4.78 is 11.8. The highest BCUT2D eigenvalue weighted by Crippen LogP contribution is 2.66. The third-order valence-electron chi connectivity index (χ3n) is 12.4. The number of allylic oxidation sites excluding steroid dienone is 5. The Balaban J connectivity index is 1.29. The highest BCUT2D eigenvalue weighted by Gasteiger charge is 2.57. The average molecular weight is 573 g/mol. The second kappa shape index (κ2) is 12.2. The van der Waals surface area contributed by atoms with Gasteiger partial charge in [0.2, 0.25) is 0 Å². The maximum Gasteiger partial charge on any atom is 0.186 e. The second-order valence-electron chi connectivity index (χ2n) is 14.9. The molecule has 232 valence electrons. The van der Waals surface area contributed by atoms with Crippen molar-refractivity contribution in [2.75, 3.05) is 6.61 Å². The summed E-state index contributed by atoms with van der Waals surface area (Å²) in [5.41, 5.74) is 3.58. The molecule has 5 rings (SSSR count). The van der Waals surface area contributed by atoms with Crippen LogP contribution in [-0.2, 0) is 9.47 Å². The summed E-state index contributed by atoms with van der Waals surface area (Å²) >= 11 is 0. The van der Waals surface area contributed by atoms with Crippen molar-refractivity contribution in [2.24, 2.45) is 46.3 Å². The second-order valence-corrected chi connectivity index (χ2v) is 14.9. The Kier molecular flexibility index (Phi) is 9.32. The van der Waals surface area contributed by atoms with Gasteiger partial charge in [0.05, 0.1) is 12.7 Å². The number of hydrogen-bond acceptors (Lipinski definition) is 6. The molecule has 0 spiro atoms. The Morgan fingerprint density at radius 3 is 2.39 bits per heavy atom. The molecule has 41 heavy (non-hydrogen) atoms. The standard InChI is InChI=1S/C35H56O6/c1-7-22(20(2)3)9-8-21(4)26-12-13-27-25-11-10-23-18-24(14-16-34(23,5)28(25)15-17-35(26,27)6)40-33-32(39)31(38)30(37)29(19-36)41-33/h8-11,20-22,24,26-33,36-39H,7,12-19H2,1-6H3/b9-8+/t21-,22+,24+,26-,27+,28+,29-,30-,31+,32-,33-,34+,35-/m1/s1. The number of hydrogen-bond donors (Lipinski definition) is 4. The van der Waals surface area contributed by atoms with Gasteiger partial charge in [-0.2, -0.15) is 0 Å². The largest absolute Gasteiger partial charge is 0.394 e. The van der Waals surface area contributed by atoms with Crippen LogP contribution in [0.1, 0.15) is 92.9 Å². The molecule has 4 fully saturated rings. The van der Waals surface area contributed by atoms with Gasteiger partial charge >= 0.3 is 0 Å². The quantitative estimate of drug-likeness (QED) is 0.285. The van der Waals surface area contributed by atoms with Gasteiger partial charge in [-0.1, -0.05) is 77.0 Å². The van der Waals surface area contributed by atoms with Crippen molar-refractivity contribution >= 4 is 0 Å². The van der Waals surface area contributed by atoms with Crippen LogP contribution in [0.25, 0.3) is 0 Å². The molecular weight excluding hydrogens is 516 g/mol. The van der Waals surface area contributed by atoms with E-state index in [1.807, 2.05) is 0 Å². The maximum absolute atomic E-state index is 10.5. The van der Waals surface area contributed by atoms with Gasteiger partial charge in [-0.05, 0) is 97.7 Å². The minimum absolute atomic E-state index is 0.121. The molecule has 5 aliphatic rings.